The third kappa shape index (κ3) is 1.96. The van der Waals surface area contributed by atoms with Crippen LogP contribution < -0.4 is 0 Å². The first kappa shape index (κ1) is 14.6. The van der Waals surface area contributed by atoms with Crippen molar-refractivity contribution in [2.24, 2.45) is 0 Å². The third-order valence-corrected chi connectivity index (χ3v) is 5.14. The van der Waals surface area contributed by atoms with Crippen molar-refractivity contribution in [1.82, 2.24) is 4.98 Å². The zero-order chi connectivity index (χ0) is 17.1. The Morgan fingerprint density at radius 2 is 1.64 bits per heavy atom. The van der Waals surface area contributed by atoms with Crippen molar-refractivity contribution in [2.45, 2.75) is 12.8 Å². The molecule has 0 spiro atoms. The highest BCUT2D eigenvalue weighted by Gasteiger charge is 2.37. The highest BCUT2D eigenvalue weighted by atomic mass is 35.5. The van der Waals surface area contributed by atoms with Gasteiger partial charge in [-0.05, 0) is 24.1 Å². The minimum atomic E-state index is -0.0735. The van der Waals surface area contributed by atoms with Gasteiger partial charge in [-0.15, -0.1) is 0 Å². The average molecular weight is 346 g/mol. The molecule has 2 aliphatic rings. The Morgan fingerprint density at radius 1 is 0.840 bits per heavy atom. The number of ketones is 2. The highest BCUT2D eigenvalue weighted by Crippen LogP contribution is 2.45. The Kier molecular flexibility index (Phi) is 2.97. The molecule has 0 aliphatic heterocycles. The molecule has 4 heteroatoms. The van der Waals surface area contributed by atoms with Crippen LogP contribution in [-0.4, -0.2) is 16.6 Å². The van der Waals surface area contributed by atoms with Crippen LogP contribution >= 0.6 is 11.6 Å². The molecule has 0 amide bonds. The smallest absolute Gasteiger partial charge is 0.196 e. The van der Waals surface area contributed by atoms with E-state index < -0.39 is 0 Å². The van der Waals surface area contributed by atoms with Gasteiger partial charge >= 0.3 is 0 Å². The number of halogens is 1. The maximum Gasteiger partial charge on any atom is 0.196 e. The van der Waals surface area contributed by atoms with Crippen LogP contribution in [0, 0.1) is 0 Å². The minimum Gasteiger partial charge on any atom is -0.294 e. The lowest BCUT2D eigenvalue weighted by atomic mass is 9.92. The van der Waals surface area contributed by atoms with Gasteiger partial charge < -0.3 is 0 Å². The average Bonchev–Trinajstić information content (AvgIpc) is 3.13. The van der Waals surface area contributed by atoms with Crippen molar-refractivity contribution in [3.63, 3.8) is 0 Å². The number of pyridine rings is 1. The summed E-state index contributed by atoms with van der Waals surface area (Å²) in [6.07, 6.45) is 1.06. The second-order valence-electron chi connectivity index (χ2n) is 6.34. The zero-order valence-corrected chi connectivity index (χ0v) is 13.9. The summed E-state index contributed by atoms with van der Waals surface area (Å²) < 4.78 is 0. The first-order chi connectivity index (χ1) is 12.1. The number of aromatic nitrogens is 1. The molecule has 1 aromatic heterocycles. The summed E-state index contributed by atoms with van der Waals surface area (Å²) in [5.74, 6) is -0.0281. The number of hydrogen-bond donors (Lipinski definition) is 0. The van der Waals surface area contributed by atoms with Crippen LogP contribution in [0.5, 0.6) is 0 Å². The Balaban J connectivity index is 1.92. The van der Waals surface area contributed by atoms with Crippen molar-refractivity contribution in [3.05, 3.63) is 75.9 Å². The fourth-order valence-electron chi connectivity index (χ4n) is 3.84. The second kappa shape index (κ2) is 5.11. The standard InChI is InChI=1S/C21H12ClNO2/c22-12-5-3-4-11(10-12)17-18-15(8-9-16(18)24)23-20-13-6-1-2-7-14(13)21(25)19(17)20/h1-7,10H,8-9H2. The number of Topliss-reactive ketones (excluding diaryl/α,β-unsaturated/α-hetero) is 1. The van der Waals surface area contributed by atoms with E-state index in [1.54, 1.807) is 12.1 Å². The molecule has 3 nitrogen and oxygen atoms in total. The number of carbonyl (C=O) groups excluding carboxylic acids is 2. The Labute approximate surface area is 149 Å². The summed E-state index contributed by atoms with van der Waals surface area (Å²) in [5, 5.41) is 0.574. The van der Waals surface area contributed by atoms with Gasteiger partial charge in [0.1, 0.15) is 0 Å². The van der Waals surface area contributed by atoms with Crippen LogP contribution in [0.4, 0.5) is 0 Å². The second-order valence-corrected chi connectivity index (χ2v) is 6.78. The Morgan fingerprint density at radius 3 is 2.44 bits per heavy atom. The summed E-state index contributed by atoms with van der Waals surface area (Å²) >= 11 is 6.17. The molecule has 25 heavy (non-hydrogen) atoms. The van der Waals surface area contributed by atoms with Crippen LogP contribution in [0.3, 0.4) is 0 Å². The van der Waals surface area contributed by atoms with Gasteiger partial charge in [-0.25, -0.2) is 0 Å². The minimum absolute atomic E-state index is 0.0454. The quantitative estimate of drug-likeness (QED) is 0.500. The number of rotatable bonds is 1. The largest absolute Gasteiger partial charge is 0.294 e. The van der Waals surface area contributed by atoms with Gasteiger partial charge in [0.15, 0.2) is 11.6 Å². The molecule has 0 radical (unpaired) electrons. The zero-order valence-electron chi connectivity index (χ0n) is 13.2. The summed E-state index contributed by atoms with van der Waals surface area (Å²) in [5.41, 5.74) is 5.54. The molecule has 0 fully saturated rings. The molecule has 0 bridgehead atoms. The van der Waals surface area contributed by atoms with Gasteiger partial charge in [0.2, 0.25) is 0 Å². The van der Waals surface area contributed by atoms with E-state index in [4.69, 9.17) is 16.6 Å². The first-order valence-corrected chi connectivity index (χ1v) is 8.53. The van der Waals surface area contributed by atoms with E-state index in [9.17, 15) is 9.59 Å². The van der Waals surface area contributed by atoms with Gasteiger partial charge in [-0.2, -0.15) is 0 Å². The predicted molar refractivity (Wildman–Crippen MR) is 96.2 cm³/mol. The molecule has 0 unspecified atom stereocenters. The molecular formula is C21H12ClNO2. The Bertz CT molecular complexity index is 1100. The molecule has 3 aromatic rings. The van der Waals surface area contributed by atoms with E-state index in [1.807, 2.05) is 36.4 Å². The van der Waals surface area contributed by atoms with Crippen LogP contribution in [-0.2, 0) is 6.42 Å². The third-order valence-electron chi connectivity index (χ3n) is 4.91. The summed E-state index contributed by atoms with van der Waals surface area (Å²) in [7, 11) is 0. The predicted octanol–water partition coefficient (Wildman–Crippen LogP) is 4.74. The van der Waals surface area contributed by atoms with E-state index in [-0.39, 0.29) is 11.6 Å². The lowest BCUT2D eigenvalue weighted by molar-refractivity contribution is 0.0995. The summed E-state index contributed by atoms with van der Waals surface area (Å²) in [6.45, 7) is 0. The maximum atomic E-state index is 13.1. The molecule has 2 aliphatic carbocycles. The number of nitrogens with zero attached hydrogens (tertiary/aromatic N) is 1. The number of aryl methyl sites for hydroxylation is 1. The Hall–Kier alpha value is -2.78. The fraction of sp³-hybridized carbons (Fsp3) is 0.0952. The SMILES string of the molecule is O=C1CCc2nc3c(c(-c4cccc(Cl)c4)c21)C(=O)c1ccccc1-3. The highest BCUT2D eigenvalue weighted by molar-refractivity contribution is 6.31. The van der Waals surface area contributed by atoms with Crippen molar-refractivity contribution in [3.8, 4) is 22.4 Å². The van der Waals surface area contributed by atoms with Crippen LogP contribution in [0.25, 0.3) is 22.4 Å². The van der Waals surface area contributed by atoms with Crippen molar-refractivity contribution >= 4 is 23.2 Å². The first-order valence-electron chi connectivity index (χ1n) is 8.15. The molecule has 0 atom stereocenters. The molecule has 2 aromatic carbocycles. The normalized spacial score (nSPS) is 14.4. The molecule has 120 valence electrons. The number of benzene rings is 2. The lowest BCUT2D eigenvalue weighted by Gasteiger charge is -2.13. The maximum absolute atomic E-state index is 13.1. The molecule has 5 rings (SSSR count). The fourth-order valence-corrected chi connectivity index (χ4v) is 4.03. The number of carbonyl (C=O) groups is 2. The molecule has 1 heterocycles. The van der Waals surface area contributed by atoms with Crippen molar-refractivity contribution in [1.29, 1.82) is 0 Å². The van der Waals surface area contributed by atoms with Crippen molar-refractivity contribution < 1.29 is 9.59 Å². The van der Waals surface area contributed by atoms with Gasteiger partial charge in [-0.3, -0.25) is 14.6 Å². The lowest BCUT2D eigenvalue weighted by Crippen LogP contribution is -2.06. The molecule has 0 saturated heterocycles. The monoisotopic (exact) mass is 345 g/mol. The van der Waals surface area contributed by atoms with Gasteiger partial charge in [0.05, 0.1) is 17.0 Å². The van der Waals surface area contributed by atoms with E-state index >= 15 is 0 Å². The summed E-state index contributed by atoms with van der Waals surface area (Å²) in [4.78, 5) is 30.3. The van der Waals surface area contributed by atoms with Gasteiger partial charge in [0, 0.05) is 33.7 Å². The molecule has 0 saturated carbocycles. The van der Waals surface area contributed by atoms with Gasteiger partial charge in [-0.1, -0.05) is 48.0 Å². The van der Waals surface area contributed by atoms with E-state index in [1.165, 1.54) is 0 Å². The number of fused-ring (bicyclic) bond motifs is 4. The number of hydrogen-bond acceptors (Lipinski definition) is 3. The van der Waals surface area contributed by atoms with Crippen LogP contribution in [0.2, 0.25) is 5.02 Å². The van der Waals surface area contributed by atoms with E-state index in [2.05, 4.69) is 0 Å². The van der Waals surface area contributed by atoms with Crippen LogP contribution in [0.15, 0.2) is 48.5 Å². The topological polar surface area (TPSA) is 47.0 Å². The van der Waals surface area contributed by atoms with Crippen LogP contribution in [0.1, 0.15) is 38.4 Å². The van der Waals surface area contributed by atoms with Crippen molar-refractivity contribution in [2.75, 3.05) is 0 Å². The summed E-state index contributed by atoms with van der Waals surface area (Å²) in [6, 6.07) is 14.8. The van der Waals surface area contributed by atoms with E-state index in [0.717, 1.165) is 16.8 Å². The van der Waals surface area contributed by atoms with Gasteiger partial charge in [0.25, 0.3) is 0 Å². The molecular weight excluding hydrogens is 334 g/mol. The molecule has 0 N–H and O–H groups in total. The van der Waals surface area contributed by atoms with E-state index in [0.29, 0.717) is 45.8 Å².